The van der Waals surface area contributed by atoms with Crippen molar-refractivity contribution in [2.24, 2.45) is 5.92 Å². The summed E-state index contributed by atoms with van der Waals surface area (Å²) in [5, 5.41) is 11.2. The fourth-order valence-corrected chi connectivity index (χ4v) is 5.36. The third-order valence-electron chi connectivity index (χ3n) is 7.13. The van der Waals surface area contributed by atoms with Crippen molar-refractivity contribution in [3.63, 3.8) is 0 Å². The number of rotatable bonds is 11. The second kappa shape index (κ2) is 13.6. The molecular weight excluding hydrogens is 545 g/mol. The monoisotopic (exact) mass is 577 g/mol. The number of nitrogens with one attached hydrogen (secondary N) is 3. The number of aromatic nitrogens is 4. The van der Waals surface area contributed by atoms with Gasteiger partial charge in [-0.2, -0.15) is 9.97 Å². The minimum Gasteiger partial charge on any atom is -0.358 e. The smallest absolute Gasteiger partial charge is 0.242 e. The van der Waals surface area contributed by atoms with Crippen molar-refractivity contribution in [1.29, 1.82) is 0 Å². The van der Waals surface area contributed by atoms with E-state index in [0.29, 0.717) is 46.6 Å². The summed E-state index contributed by atoms with van der Waals surface area (Å²) in [5.74, 6) is 2.07. The fraction of sp³-hybridized carbons (Fsp3) is 0.333. The quantitative estimate of drug-likeness (QED) is 0.185. The van der Waals surface area contributed by atoms with Crippen molar-refractivity contribution in [2.75, 3.05) is 10.6 Å². The third kappa shape index (κ3) is 7.96. The van der Waals surface area contributed by atoms with Crippen molar-refractivity contribution in [3.8, 4) is 5.82 Å². The Kier molecular flexibility index (Phi) is 9.52. The van der Waals surface area contributed by atoms with Gasteiger partial charge in [-0.15, -0.1) is 0 Å². The maximum Gasteiger partial charge on any atom is 0.242 e. The SMILES string of the molecule is O=C(NCc1ccc(Cl)cc1)[C@@H](CC1CCCCC1)Nc1cc(-n2ccnc2)nc(NCc2cccc(Cl)c2)n1. The van der Waals surface area contributed by atoms with E-state index in [9.17, 15) is 4.79 Å². The molecule has 5 rings (SSSR count). The van der Waals surface area contributed by atoms with Crippen molar-refractivity contribution in [1.82, 2.24) is 24.8 Å². The number of carbonyl (C=O) groups is 1. The van der Waals surface area contributed by atoms with Crippen molar-refractivity contribution >= 4 is 40.9 Å². The number of nitrogens with zero attached hydrogens (tertiary/aromatic N) is 4. The normalized spacial score (nSPS) is 14.4. The first kappa shape index (κ1) is 27.9. The van der Waals surface area contributed by atoms with E-state index in [1.807, 2.05) is 65.4 Å². The van der Waals surface area contributed by atoms with Gasteiger partial charge in [-0.1, -0.05) is 79.6 Å². The zero-order chi connectivity index (χ0) is 27.7. The van der Waals surface area contributed by atoms with Gasteiger partial charge in [0.25, 0.3) is 0 Å². The van der Waals surface area contributed by atoms with Gasteiger partial charge in [0, 0.05) is 41.6 Å². The molecule has 3 N–H and O–H groups in total. The summed E-state index contributed by atoms with van der Waals surface area (Å²) < 4.78 is 1.81. The van der Waals surface area contributed by atoms with Gasteiger partial charge in [-0.25, -0.2) is 4.98 Å². The summed E-state index contributed by atoms with van der Waals surface area (Å²) >= 11 is 12.2. The molecule has 0 unspecified atom stereocenters. The maximum absolute atomic E-state index is 13.5. The Bertz CT molecular complexity index is 1390. The molecule has 1 saturated carbocycles. The van der Waals surface area contributed by atoms with E-state index in [4.69, 9.17) is 28.2 Å². The highest BCUT2D eigenvalue weighted by molar-refractivity contribution is 6.30. The van der Waals surface area contributed by atoms with Gasteiger partial charge in [0.05, 0.1) is 0 Å². The molecule has 4 aromatic rings. The molecule has 0 aliphatic heterocycles. The molecule has 8 nitrogen and oxygen atoms in total. The molecule has 40 heavy (non-hydrogen) atoms. The molecular formula is C30H33Cl2N7O. The van der Waals surface area contributed by atoms with Crippen LogP contribution in [0.15, 0.2) is 73.3 Å². The van der Waals surface area contributed by atoms with Crippen LogP contribution in [0.25, 0.3) is 5.82 Å². The molecule has 0 saturated heterocycles. The predicted molar refractivity (Wildman–Crippen MR) is 160 cm³/mol. The summed E-state index contributed by atoms with van der Waals surface area (Å²) in [5.41, 5.74) is 2.00. The van der Waals surface area contributed by atoms with Gasteiger partial charge in [0.1, 0.15) is 24.0 Å². The highest BCUT2D eigenvalue weighted by Crippen LogP contribution is 2.28. The van der Waals surface area contributed by atoms with Crippen LogP contribution in [0.5, 0.6) is 0 Å². The van der Waals surface area contributed by atoms with Crippen LogP contribution in [0, 0.1) is 5.92 Å². The lowest BCUT2D eigenvalue weighted by Gasteiger charge is -2.27. The van der Waals surface area contributed by atoms with Crippen LogP contribution in [0.2, 0.25) is 10.0 Å². The van der Waals surface area contributed by atoms with Gasteiger partial charge in [0.15, 0.2) is 0 Å². The molecule has 1 fully saturated rings. The minimum atomic E-state index is -0.443. The highest BCUT2D eigenvalue weighted by atomic mass is 35.5. The Balaban J connectivity index is 1.36. The molecule has 1 aliphatic rings. The Hall–Kier alpha value is -3.62. The molecule has 0 spiro atoms. The van der Waals surface area contributed by atoms with E-state index < -0.39 is 6.04 Å². The van der Waals surface area contributed by atoms with Gasteiger partial charge >= 0.3 is 0 Å². The van der Waals surface area contributed by atoms with Gasteiger partial charge in [-0.05, 0) is 47.7 Å². The van der Waals surface area contributed by atoms with Crippen LogP contribution in [0.3, 0.4) is 0 Å². The van der Waals surface area contributed by atoms with Crippen molar-refractivity contribution < 1.29 is 4.79 Å². The first-order valence-corrected chi connectivity index (χ1v) is 14.4. The lowest BCUT2D eigenvalue weighted by molar-refractivity contribution is -0.122. The number of hydrogen-bond donors (Lipinski definition) is 3. The highest BCUT2D eigenvalue weighted by Gasteiger charge is 2.25. The van der Waals surface area contributed by atoms with E-state index in [0.717, 1.165) is 30.4 Å². The number of benzene rings is 2. The van der Waals surface area contributed by atoms with Gasteiger partial charge in [-0.3, -0.25) is 9.36 Å². The topological polar surface area (TPSA) is 96.8 Å². The standard InChI is InChI=1S/C30H33Cl2N7O/c31-24-11-9-22(10-12-24)18-34-29(40)26(16-21-5-2-1-3-6-21)36-27-17-28(39-14-13-33-20-39)38-30(37-27)35-19-23-7-4-8-25(32)15-23/h4,7-15,17,20-21,26H,1-3,5-6,16,18-19H2,(H,34,40)(H2,35,36,37,38)/t26-/m1/s1. The summed E-state index contributed by atoms with van der Waals surface area (Å²) in [4.78, 5) is 27.1. The number of halogens is 2. The van der Waals surface area contributed by atoms with Crippen LogP contribution in [0.4, 0.5) is 11.8 Å². The molecule has 0 bridgehead atoms. The zero-order valence-corrected chi connectivity index (χ0v) is 23.7. The van der Waals surface area contributed by atoms with E-state index in [1.54, 1.807) is 12.5 Å². The van der Waals surface area contributed by atoms with E-state index in [1.165, 1.54) is 19.3 Å². The minimum absolute atomic E-state index is 0.0586. The van der Waals surface area contributed by atoms with Crippen molar-refractivity contribution in [3.05, 3.63) is 94.5 Å². The van der Waals surface area contributed by atoms with Crippen LogP contribution in [-0.4, -0.2) is 31.5 Å². The van der Waals surface area contributed by atoms with Gasteiger partial charge in [0.2, 0.25) is 11.9 Å². The zero-order valence-electron chi connectivity index (χ0n) is 22.2. The molecule has 208 valence electrons. The van der Waals surface area contributed by atoms with Crippen LogP contribution in [-0.2, 0) is 17.9 Å². The Labute approximate surface area is 244 Å². The number of anilines is 2. The number of carbonyl (C=O) groups excluding carboxylic acids is 1. The first-order chi connectivity index (χ1) is 19.5. The first-order valence-electron chi connectivity index (χ1n) is 13.7. The molecule has 0 radical (unpaired) electrons. The molecule has 2 aromatic heterocycles. The lowest BCUT2D eigenvalue weighted by atomic mass is 9.84. The van der Waals surface area contributed by atoms with Crippen LogP contribution in [0.1, 0.15) is 49.7 Å². The van der Waals surface area contributed by atoms with Crippen LogP contribution >= 0.6 is 23.2 Å². The molecule has 1 amide bonds. The lowest BCUT2D eigenvalue weighted by Crippen LogP contribution is -2.41. The number of hydrogen-bond acceptors (Lipinski definition) is 6. The second-order valence-electron chi connectivity index (χ2n) is 10.2. The van der Waals surface area contributed by atoms with E-state index in [2.05, 4.69) is 25.9 Å². The molecule has 2 heterocycles. The van der Waals surface area contributed by atoms with Gasteiger partial charge < -0.3 is 16.0 Å². The van der Waals surface area contributed by atoms with E-state index in [-0.39, 0.29) is 5.91 Å². The Morgan fingerprint density at radius 3 is 2.52 bits per heavy atom. The summed E-state index contributed by atoms with van der Waals surface area (Å²) in [6.07, 6.45) is 11.9. The Morgan fingerprint density at radius 2 is 1.77 bits per heavy atom. The fourth-order valence-electron chi connectivity index (χ4n) is 5.02. The average Bonchev–Trinajstić information content (AvgIpc) is 3.51. The van der Waals surface area contributed by atoms with E-state index >= 15 is 0 Å². The summed E-state index contributed by atoms with van der Waals surface area (Å²) in [7, 11) is 0. The number of imidazole rings is 1. The molecule has 2 aromatic carbocycles. The average molecular weight is 579 g/mol. The molecule has 1 atom stereocenters. The third-order valence-corrected chi connectivity index (χ3v) is 7.62. The largest absolute Gasteiger partial charge is 0.358 e. The molecule has 10 heteroatoms. The maximum atomic E-state index is 13.5. The predicted octanol–water partition coefficient (Wildman–Crippen LogP) is 6.65. The van der Waals surface area contributed by atoms with Crippen LogP contribution < -0.4 is 16.0 Å². The molecule has 1 aliphatic carbocycles. The summed E-state index contributed by atoms with van der Waals surface area (Å²) in [6.45, 7) is 0.926. The number of amides is 1. The Morgan fingerprint density at radius 1 is 0.950 bits per heavy atom. The van der Waals surface area contributed by atoms with Crippen molar-refractivity contribution in [2.45, 2.75) is 57.7 Å². The second-order valence-corrected chi connectivity index (χ2v) is 11.0. The summed E-state index contributed by atoms with van der Waals surface area (Å²) in [6, 6.07) is 16.5.